The summed E-state index contributed by atoms with van der Waals surface area (Å²) in [6.45, 7) is 2.08. The van der Waals surface area contributed by atoms with Crippen LogP contribution >= 0.6 is 0 Å². The number of hydrazone groups is 1. The van der Waals surface area contributed by atoms with E-state index in [1.165, 1.54) is 0 Å². The van der Waals surface area contributed by atoms with Crippen molar-refractivity contribution in [3.05, 3.63) is 87.3 Å². The van der Waals surface area contributed by atoms with Crippen molar-refractivity contribution >= 4 is 12.2 Å². The lowest BCUT2D eigenvalue weighted by molar-refractivity contribution is 0.298. The number of benzene rings is 2. The van der Waals surface area contributed by atoms with E-state index in [1.807, 2.05) is 54.6 Å². The second-order valence-electron chi connectivity index (χ2n) is 6.13. The molecule has 0 aliphatic rings. The van der Waals surface area contributed by atoms with E-state index in [0.29, 0.717) is 23.6 Å². The molecular formula is C21H22N4O3. The van der Waals surface area contributed by atoms with E-state index in [2.05, 4.69) is 20.5 Å². The van der Waals surface area contributed by atoms with Crippen LogP contribution in [0.25, 0.3) is 0 Å². The fourth-order valence-corrected chi connectivity index (χ4v) is 2.69. The van der Waals surface area contributed by atoms with Gasteiger partial charge in [0.15, 0.2) is 0 Å². The lowest BCUT2D eigenvalue weighted by Gasteiger charge is -2.09. The van der Waals surface area contributed by atoms with Crippen LogP contribution in [0.4, 0.5) is 5.95 Å². The number of H-pyrrole nitrogens is 1. The van der Waals surface area contributed by atoms with Crippen molar-refractivity contribution in [2.45, 2.75) is 20.0 Å². The van der Waals surface area contributed by atoms with Gasteiger partial charge >= 0.3 is 0 Å². The largest absolute Gasteiger partial charge is 0.488 e. The first-order valence-electron chi connectivity index (χ1n) is 8.93. The summed E-state index contributed by atoms with van der Waals surface area (Å²) in [5, 5.41) is 13.2. The summed E-state index contributed by atoms with van der Waals surface area (Å²) in [7, 11) is 0. The molecule has 0 aliphatic carbocycles. The lowest BCUT2D eigenvalue weighted by atomic mass is 10.2. The van der Waals surface area contributed by atoms with Crippen LogP contribution in [0.3, 0.4) is 0 Å². The molecule has 0 unspecified atom stereocenters. The maximum atomic E-state index is 12.0. The Labute approximate surface area is 162 Å². The van der Waals surface area contributed by atoms with Crippen LogP contribution in [0.5, 0.6) is 5.75 Å². The quantitative estimate of drug-likeness (QED) is 0.413. The smallest absolute Gasteiger partial charge is 0.255 e. The van der Waals surface area contributed by atoms with Crippen molar-refractivity contribution in [2.75, 3.05) is 12.0 Å². The molecule has 0 atom stereocenters. The van der Waals surface area contributed by atoms with Gasteiger partial charge in [-0.15, -0.1) is 0 Å². The van der Waals surface area contributed by atoms with E-state index in [1.54, 1.807) is 13.1 Å². The van der Waals surface area contributed by atoms with E-state index in [0.717, 1.165) is 11.1 Å². The molecule has 0 saturated heterocycles. The molecule has 1 heterocycles. The Morgan fingerprint density at radius 1 is 1.18 bits per heavy atom. The maximum Gasteiger partial charge on any atom is 0.255 e. The van der Waals surface area contributed by atoms with Crippen LogP contribution in [0, 0.1) is 6.92 Å². The molecule has 0 spiro atoms. The molecule has 0 bridgehead atoms. The monoisotopic (exact) mass is 378 g/mol. The molecule has 7 nitrogen and oxygen atoms in total. The van der Waals surface area contributed by atoms with Crippen molar-refractivity contribution in [1.82, 2.24) is 9.97 Å². The van der Waals surface area contributed by atoms with Gasteiger partial charge < -0.3 is 9.84 Å². The molecular weight excluding hydrogens is 356 g/mol. The number of rotatable bonds is 8. The van der Waals surface area contributed by atoms with Crippen molar-refractivity contribution in [3.63, 3.8) is 0 Å². The number of aliphatic hydroxyl groups excluding tert-OH is 1. The Hall–Kier alpha value is -3.45. The summed E-state index contributed by atoms with van der Waals surface area (Å²) in [6.07, 6.45) is 1.88. The number of aromatic amines is 1. The number of hydrogen-bond acceptors (Lipinski definition) is 6. The van der Waals surface area contributed by atoms with Crippen molar-refractivity contribution in [1.29, 1.82) is 0 Å². The van der Waals surface area contributed by atoms with Crippen LogP contribution in [-0.4, -0.2) is 27.9 Å². The highest BCUT2D eigenvalue weighted by Gasteiger charge is 2.07. The van der Waals surface area contributed by atoms with Crippen LogP contribution in [0.1, 0.15) is 22.4 Å². The summed E-state index contributed by atoms with van der Waals surface area (Å²) in [4.78, 5) is 18.9. The number of hydrogen-bond donors (Lipinski definition) is 3. The predicted octanol–water partition coefficient (Wildman–Crippen LogP) is 2.64. The molecule has 0 amide bonds. The minimum Gasteiger partial charge on any atom is -0.488 e. The maximum absolute atomic E-state index is 12.0. The molecule has 0 saturated carbocycles. The van der Waals surface area contributed by atoms with E-state index < -0.39 is 0 Å². The highest BCUT2D eigenvalue weighted by molar-refractivity contribution is 5.83. The van der Waals surface area contributed by atoms with Gasteiger partial charge in [0.2, 0.25) is 5.95 Å². The molecule has 144 valence electrons. The fraction of sp³-hybridized carbons (Fsp3) is 0.190. The van der Waals surface area contributed by atoms with Gasteiger partial charge in [-0.2, -0.15) is 5.10 Å². The fourth-order valence-electron chi connectivity index (χ4n) is 2.69. The molecule has 0 aliphatic heterocycles. The first-order valence-corrected chi connectivity index (χ1v) is 8.93. The van der Waals surface area contributed by atoms with Gasteiger partial charge in [0, 0.05) is 24.2 Å². The number of ether oxygens (including phenoxy) is 1. The summed E-state index contributed by atoms with van der Waals surface area (Å²) in [5.74, 6) is 0.941. The van der Waals surface area contributed by atoms with Gasteiger partial charge in [0.05, 0.1) is 11.9 Å². The summed E-state index contributed by atoms with van der Waals surface area (Å²) >= 11 is 0. The SMILES string of the molecule is Cc1nc(N/N=C\c2ccccc2OCc2ccccc2)[nH]c(=O)c1CCO. The molecule has 1 aromatic heterocycles. The van der Waals surface area contributed by atoms with Crippen molar-refractivity contribution < 1.29 is 9.84 Å². The Morgan fingerprint density at radius 3 is 2.68 bits per heavy atom. The second kappa shape index (κ2) is 9.48. The van der Waals surface area contributed by atoms with Crippen LogP contribution in [0.15, 0.2) is 64.5 Å². The number of para-hydroxylation sites is 1. The van der Waals surface area contributed by atoms with Crippen LogP contribution in [-0.2, 0) is 13.0 Å². The lowest BCUT2D eigenvalue weighted by Crippen LogP contribution is -2.19. The first-order chi connectivity index (χ1) is 13.7. The van der Waals surface area contributed by atoms with Crippen LogP contribution in [0.2, 0.25) is 0 Å². The number of nitrogens with zero attached hydrogens (tertiary/aromatic N) is 2. The average Bonchev–Trinajstić information content (AvgIpc) is 2.71. The summed E-state index contributed by atoms with van der Waals surface area (Å²) < 4.78 is 5.89. The van der Waals surface area contributed by atoms with Gasteiger partial charge in [-0.1, -0.05) is 42.5 Å². The molecule has 0 fully saturated rings. The third-order valence-corrected chi connectivity index (χ3v) is 4.11. The molecule has 2 aromatic carbocycles. The van der Waals surface area contributed by atoms with Gasteiger partial charge in [-0.25, -0.2) is 10.4 Å². The molecule has 3 N–H and O–H groups in total. The van der Waals surface area contributed by atoms with E-state index in [9.17, 15) is 4.79 Å². The van der Waals surface area contributed by atoms with E-state index in [4.69, 9.17) is 9.84 Å². The van der Waals surface area contributed by atoms with Crippen molar-refractivity contribution in [2.24, 2.45) is 5.10 Å². The Kier molecular flexibility index (Phi) is 6.54. The zero-order chi connectivity index (χ0) is 19.8. The number of nitrogens with one attached hydrogen (secondary N) is 2. The highest BCUT2D eigenvalue weighted by Crippen LogP contribution is 2.17. The summed E-state index contributed by atoms with van der Waals surface area (Å²) in [5.41, 5.74) is 5.34. The van der Waals surface area contributed by atoms with E-state index in [-0.39, 0.29) is 24.5 Å². The Bertz CT molecular complexity index is 1000. The highest BCUT2D eigenvalue weighted by atomic mass is 16.5. The number of aromatic nitrogens is 2. The topological polar surface area (TPSA) is 99.6 Å². The third kappa shape index (κ3) is 5.05. The van der Waals surface area contributed by atoms with Gasteiger partial charge in [0.1, 0.15) is 12.4 Å². The molecule has 7 heteroatoms. The number of aryl methyl sites for hydroxylation is 1. The molecule has 3 rings (SSSR count). The number of aliphatic hydroxyl groups is 1. The molecule has 3 aromatic rings. The van der Waals surface area contributed by atoms with Crippen molar-refractivity contribution in [3.8, 4) is 5.75 Å². The Morgan fingerprint density at radius 2 is 1.93 bits per heavy atom. The minimum absolute atomic E-state index is 0.101. The second-order valence-corrected chi connectivity index (χ2v) is 6.13. The normalized spacial score (nSPS) is 10.9. The standard InChI is InChI=1S/C21H22N4O3/c1-15-18(11-12-26)20(27)24-21(23-15)25-22-13-17-9-5-6-10-19(17)28-14-16-7-3-2-4-8-16/h2-10,13,26H,11-12,14H2,1H3,(H2,23,24,25,27)/b22-13-. The average molecular weight is 378 g/mol. The van der Waals surface area contributed by atoms with Gasteiger partial charge in [0.25, 0.3) is 5.56 Å². The first kappa shape index (κ1) is 19.3. The zero-order valence-corrected chi connectivity index (χ0v) is 15.6. The summed E-state index contributed by atoms with van der Waals surface area (Å²) in [6, 6.07) is 17.5. The van der Waals surface area contributed by atoms with E-state index >= 15 is 0 Å². The minimum atomic E-state index is -0.286. The zero-order valence-electron chi connectivity index (χ0n) is 15.6. The molecule has 28 heavy (non-hydrogen) atoms. The van der Waals surface area contributed by atoms with Gasteiger partial charge in [-0.3, -0.25) is 9.78 Å². The van der Waals surface area contributed by atoms with Gasteiger partial charge in [-0.05, 0) is 24.6 Å². The predicted molar refractivity (Wildman–Crippen MR) is 109 cm³/mol. The number of anilines is 1. The third-order valence-electron chi connectivity index (χ3n) is 4.11. The Balaban J connectivity index is 1.69. The molecule has 0 radical (unpaired) electrons. The van der Waals surface area contributed by atoms with Crippen LogP contribution < -0.4 is 15.7 Å².